The van der Waals surface area contributed by atoms with Crippen LogP contribution in [0.3, 0.4) is 0 Å². The van der Waals surface area contributed by atoms with Crippen LogP contribution >= 0.6 is 22.9 Å². The first-order valence-corrected chi connectivity index (χ1v) is 8.57. The number of sulfonamides is 1. The number of aromatic amines is 1. The molecule has 11 heteroatoms. The number of aromatic nitrogens is 2. The molecule has 0 aliphatic rings. The lowest BCUT2D eigenvalue weighted by atomic mass is 10.2. The minimum Gasteiger partial charge on any atom is -0.478 e. The van der Waals surface area contributed by atoms with Gasteiger partial charge in [-0.25, -0.2) is 13.2 Å². The molecule has 0 atom stereocenters. The van der Waals surface area contributed by atoms with Gasteiger partial charge in [-0.1, -0.05) is 11.3 Å². The lowest BCUT2D eigenvalue weighted by molar-refractivity contribution is 0.0697. The van der Waals surface area contributed by atoms with Crippen LogP contribution in [0.5, 0.6) is 0 Å². The molecule has 0 aromatic carbocycles. The van der Waals surface area contributed by atoms with Crippen LogP contribution < -0.4 is 9.18 Å². The highest BCUT2D eigenvalue weighted by Crippen LogP contribution is 2.32. The zero-order valence-electron chi connectivity index (χ0n) is 11.2. The molecule has 0 fully saturated rings. The first-order valence-electron chi connectivity index (χ1n) is 5.54. The number of thiazole rings is 1. The van der Waals surface area contributed by atoms with Crippen molar-refractivity contribution in [2.24, 2.45) is 0 Å². The number of H-pyrrole nitrogens is 1. The first-order chi connectivity index (χ1) is 9.66. The molecule has 8 nitrogen and oxygen atoms in total. The van der Waals surface area contributed by atoms with Gasteiger partial charge in [-0.15, -0.1) is 0 Å². The van der Waals surface area contributed by atoms with E-state index in [-0.39, 0.29) is 26.2 Å². The highest BCUT2D eigenvalue weighted by Gasteiger charge is 2.31. The number of aryl methyl sites for hydroxylation is 2. The van der Waals surface area contributed by atoms with E-state index >= 15 is 0 Å². The van der Waals surface area contributed by atoms with Crippen molar-refractivity contribution in [3.05, 3.63) is 26.6 Å². The van der Waals surface area contributed by atoms with Crippen molar-refractivity contribution >= 4 is 43.9 Å². The zero-order chi connectivity index (χ0) is 15.9. The molecular weight excluding hydrogens is 338 g/mol. The molecule has 0 unspecified atom stereocenters. The SMILES string of the molecule is Cc1nsc(N(C)S(=O)(=O)c2sc(=O)[nH]c2C)c1C(=O)O. The summed E-state index contributed by atoms with van der Waals surface area (Å²) >= 11 is 1.34. The summed E-state index contributed by atoms with van der Waals surface area (Å²) in [5, 5.41) is 9.17. The number of rotatable bonds is 4. The number of hydrogen-bond acceptors (Lipinski definition) is 7. The van der Waals surface area contributed by atoms with E-state index in [4.69, 9.17) is 0 Å². The minimum atomic E-state index is -4.02. The molecule has 0 amide bonds. The van der Waals surface area contributed by atoms with E-state index < -0.39 is 20.9 Å². The number of hydrogen-bond donors (Lipinski definition) is 2. The molecule has 2 heterocycles. The molecule has 21 heavy (non-hydrogen) atoms. The Morgan fingerprint density at radius 3 is 2.48 bits per heavy atom. The summed E-state index contributed by atoms with van der Waals surface area (Å²) in [4.78, 5) is 24.4. The van der Waals surface area contributed by atoms with Crippen molar-refractivity contribution in [1.29, 1.82) is 0 Å². The molecular formula is C10H11N3O5S3. The Kier molecular flexibility index (Phi) is 3.91. The van der Waals surface area contributed by atoms with Gasteiger partial charge in [-0.2, -0.15) is 4.37 Å². The van der Waals surface area contributed by atoms with Crippen LogP contribution in [0.25, 0.3) is 0 Å². The Bertz CT molecular complexity index is 861. The predicted molar refractivity (Wildman–Crippen MR) is 79.1 cm³/mol. The fraction of sp³-hybridized carbons (Fsp3) is 0.300. The fourth-order valence-corrected chi connectivity index (χ4v) is 5.40. The van der Waals surface area contributed by atoms with E-state index in [0.29, 0.717) is 11.3 Å². The van der Waals surface area contributed by atoms with Gasteiger partial charge in [0.2, 0.25) is 0 Å². The molecule has 0 bridgehead atoms. The van der Waals surface area contributed by atoms with Gasteiger partial charge < -0.3 is 10.1 Å². The van der Waals surface area contributed by atoms with Crippen LogP contribution in [-0.4, -0.2) is 35.9 Å². The van der Waals surface area contributed by atoms with Gasteiger partial charge in [0.25, 0.3) is 10.0 Å². The third-order valence-corrected chi connectivity index (χ3v) is 7.19. The van der Waals surface area contributed by atoms with E-state index in [0.717, 1.165) is 15.8 Å². The van der Waals surface area contributed by atoms with E-state index in [2.05, 4.69) is 9.36 Å². The lowest BCUT2D eigenvalue weighted by Gasteiger charge is -2.17. The lowest BCUT2D eigenvalue weighted by Crippen LogP contribution is -2.27. The number of carbonyl (C=O) groups is 1. The second-order valence-corrected chi connectivity index (χ2v) is 8.05. The Morgan fingerprint density at radius 1 is 1.38 bits per heavy atom. The van der Waals surface area contributed by atoms with E-state index in [9.17, 15) is 23.1 Å². The smallest absolute Gasteiger partial charge is 0.340 e. The Labute approximate surface area is 127 Å². The van der Waals surface area contributed by atoms with Crippen molar-refractivity contribution < 1.29 is 18.3 Å². The predicted octanol–water partition coefficient (Wildman–Crippen LogP) is 1.03. The Morgan fingerprint density at radius 2 is 2.00 bits per heavy atom. The van der Waals surface area contributed by atoms with Crippen LogP contribution in [0.2, 0.25) is 0 Å². The van der Waals surface area contributed by atoms with Crippen molar-refractivity contribution in [1.82, 2.24) is 9.36 Å². The standard InChI is InChI=1S/C10H11N3O5S3/c1-4-6(8(14)15)7(20-12-4)13(3)21(17,18)9-5(2)11-10(16)19-9/h1-3H3,(H,11,16)(H,14,15). The van der Waals surface area contributed by atoms with Gasteiger partial charge in [0.1, 0.15) is 10.6 Å². The maximum atomic E-state index is 12.5. The number of anilines is 1. The molecule has 2 N–H and O–H groups in total. The summed E-state index contributed by atoms with van der Waals surface area (Å²) in [5.41, 5.74) is 0.296. The molecule has 0 saturated carbocycles. The van der Waals surface area contributed by atoms with Crippen LogP contribution in [0, 0.1) is 13.8 Å². The van der Waals surface area contributed by atoms with E-state index in [1.165, 1.54) is 20.9 Å². The number of aromatic carboxylic acids is 1. The maximum absolute atomic E-state index is 12.5. The second-order valence-electron chi connectivity index (χ2n) is 4.15. The quantitative estimate of drug-likeness (QED) is 0.850. The normalized spacial score (nSPS) is 11.6. The fourth-order valence-electron chi connectivity index (χ4n) is 1.69. The van der Waals surface area contributed by atoms with Crippen LogP contribution in [0.1, 0.15) is 21.7 Å². The largest absolute Gasteiger partial charge is 0.478 e. The number of carboxylic acids is 1. The van der Waals surface area contributed by atoms with Crippen LogP contribution in [0.4, 0.5) is 5.00 Å². The van der Waals surface area contributed by atoms with Gasteiger partial charge in [-0.3, -0.25) is 9.10 Å². The van der Waals surface area contributed by atoms with Gasteiger partial charge in [0.15, 0.2) is 4.21 Å². The summed E-state index contributed by atoms with van der Waals surface area (Å²) in [6, 6.07) is 0. The number of nitrogens with one attached hydrogen (secondary N) is 1. The van der Waals surface area contributed by atoms with Gasteiger partial charge in [-0.05, 0) is 25.4 Å². The third-order valence-electron chi connectivity index (χ3n) is 2.72. The summed E-state index contributed by atoms with van der Waals surface area (Å²) < 4.78 is 29.6. The summed E-state index contributed by atoms with van der Waals surface area (Å²) in [7, 11) is -2.78. The number of carboxylic acid groups (broad SMARTS) is 1. The minimum absolute atomic E-state index is 0.000231. The van der Waals surface area contributed by atoms with Crippen LogP contribution in [-0.2, 0) is 10.0 Å². The summed E-state index contributed by atoms with van der Waals surface area (Å²) in [5.74, 6) is -1.25. The third kappa shape index (κ3) is 2.59. The average molecular weight is 349 g/mol. The Balaban J connectivity index is 2.59. The highest BCUT2D eigenvalue weighted by atomic mass is 32.2. The molecule has 2 rings (SSSR count). The monoisotopic (exact) mass is 349 g/mol. The van der Waals surface area contributed by atoms with Crippen molar-refractivity contribution in [2.75, 3.05) is 11.4 Å². The van der Waals surface area contributed by atoms with Gasteiger partial charge >= 0.3 is 10.8 Å². The van der Waals surface area contributed by atoms with E-state index in [1.54, 1.807) is 0 Å². The van der Waals surface area contributed by atoms with Gasteiger partial charge in [0, 0.05) is 12.7 Å². The summed E-state index contributed by atoms with van der Waals surface area (Å²) in [6.45, 7) is 2.96. The van der Waals surface area contributed by atoms with Gasteiger partial charge in [0.05, 0.1) is 5.69 Å². The molecule has 114 valence electrons. The summed E-state index contributed by atoms with van der Waals surface area (Å²) in [6.07, 6.45) is 0. The molecule has 0 spiro atoms. The second kappa shape index (κ2) is 5.24. The van der Waals surface area contributed by atoms with Crippen molar-refractivity contribution in [2.45, 2.75) is 18.1 Å². The molecule has 0 aliphatic carbocycles. The van der Waals surface area contributed by atoms with Crippen molar-refractivity contribution in [3.8, 4) is 0 Å². The molecule has 0 radical (unpaired) electrons. The Hall–Kier alpha value is -1.72. The molecule has 2 aromatic heterocycles. The molecule has 0 aliphatic heterocycles. The highest BCUT2D eigenvalue weighted by molar-refractivity contribution is 7.95. The van der Waals surface area contributed by atoms with Crippen molar-refractivity contribution in [3.63, 3.8) is 0 Å². The first kappa shape index (κ1) is 15.7. The van der Waals surface area contributed by atoms with E-state index in [1.807, 2.05) is 0 Å². The topological polar surface area (TPSA) is 120 Å². The maximum Gasteiger partial charge on any atom is 0.340 e. The average Bonchev–Trinajstić information content (AvgIpc) is 2.91. The number of nitrogens with zero attached hydrogens (tertiary/aromatic N) is 2. The molecule has 2 aromatic rings. The zero-order valence-corrected chi connectivity index (χ0v) is 13.6. The molecule has 0 saturated heterocycles. The van der Waals surface area contributed by atoms with Crippen LogP contribution in [0.15, 0.2) is 9.00 Å².